The maximum atomic E-state index is 12.9. The van der Waals surface area contributed by atoms with Crippen LogP contribution in [0.25, 0.3) is 0 Å². The molecule has 8 nitrogen and oxygen atoms in total. The number of ether oxygens (including phenoxy) is 3. The molecule has 2 aromatic rings. The molecule has 2 heterocycles. The van der Waals surface area contributed by atoms with Crippen LogP contribution in [0.1, 0.15) is 10.4 Å². The zero-order chi connectivity index (χ0) is 19.8. The van der Waals surface area contributed by atoms with Crippen molar-refractivity contribution in [3.63, 3.8) is 0 Å². The van der Waals surface area contributed by atoms with E-state index >= 15 is 0 Å². The topological polar surface area (TPSA) is 94.2 Å². The van der Waals surface area contributed by atoms with Crippen LogP contribution in [0.3, 0.4) is 0 Å². The van der Waals surface area contributed by atoms with Crippen molar-refractivity contribution in [1.82, 2.24) is 0 Å². The second-order valence-electron chi connectivity index (χ2n) is 5.84. The lowest BCUT2D eigenvalue weighted by atomic mass is 10.1. The summed E-state index contributed by atoms with van der Waals surface area (Å²) in [5, 5.41) is 2.56. The molecule has 0 atom stereocenters. The zero-order valence-electron chi connectivity index (χ0n) is 14.5. The fourth-order valence-corrected chi connectivity index (χ4v) is 3.11. The summed E-state index contributed by atoms with van der Waals surface area (Å²) in [5.74, 6) is -1.03. The molecule has 0 bridgehead atoms. The lowest BCUT2D eigenvalue weighted by Gasteiger charge is -2.17. The van der Waals surface area contributed by atoms with Crippen LogP contribution in [-0.4, -0.2) is 31.7 Å². The Labute approximate surface area is 164 Å². The molecule has 0 spiro atoms. The largest absolute Gasteiger partial charge is 0.465 e. The lowest BCUT2D eigenvalue weighted by molar-refractivity contribution is -0.120. The Morgan fingerprint density at radius 3 is 2.64 bits per heavy atom. The third kappa shape index (κ3) is 2.84. The summed E-state index contributed by atoms with van der Waals surface area (Å²) in [7, 11) is 1.21. The van der Waals surface area contributed by atoms with Crippen LogP contribution < -0.4 is 19.7 Å². The van der Waals surface area contributed by atoms with Crippen LogP contribution in [-0.2, 0) is 14.3 Å². The van der Waals surface area contributed by atoms with Crippen molar-refractivity contribution in [2.75, 3.05) is 24.1 Å². The average Bonchev–Trinajstić information content (AvgIpc) is 3.26. The molecule has 2 aliphatic rings. The van der Waals surface area contributed by atoms with Gasteiger partial charge in [0.05, 0.1) is 18.4 Å². The first-order valence-corrected chi connectivity index (χ1v) is 8.51. The van der Waals surface area contributed by atoms with E-state index in [9.17, 15) is 14.4 Å². The number of imide groups is 1. The number of nitrogens with one attached hydrogen (secondary N) is 1. The number of amides is 2. The van der Waals surface area contributed by atoms with E-state index in [1.165, 1.54) is 19.2 Å². The number of nitrogens with zero attached hydrogens (tertiary/aromatic N) is 1. The molecule has 2 aliphatic heterocycles. The van der Waals surface area contributed by atoms with Crippen LogP contribution in [0.2, 0.25) is 0 Å². The number of para-hydroxylation sites is 1. The Bertz CT molecular complexity index is 1050. The summed E-state index contributed by atoms with van der Waals surface area (Å²) in [5.41, 5.74) is 0.539. The summed E-state index contributed by atoms with van der Waals surface area (Å²) in [6, 6.07) is 11.1. The predicted molar refractivity (Wildman–Crippen MR) is 99.3 cm³/mol. The number of hydrogen-bond acceptors (Lipinski definition) is 7. The van der Waals surface area contributed by atoms with Gasteiger partial charge in [0.2, 0.25) is 6.79 Å². The number of hydrogen-bond donors (Lipinski definition) is 1. The third-order valence-corrected chi connectivity index (χ3v) is 4.57. The molecule has 2 aromatic carbocycles. The van der Waals surface area contributed by atoms with Crippen molar-refractivity contribution in [1.29, 1.82) is 0 Å². The van der Waals surface area contributed by atoms with E-state index in [1.807, 2.05) is 0 Å². The van der Waals surface area contributed by atoms with Crippen LogP contribution in [0.5, 0.6) is 11.5 Å². The van der Waals surface area contributed by atoms with E-state index in [1.54, 1.807) is 30.3 Å². The number of rotatable bonds is 4. The molecular weight excluding hydrogens is 388 g/mol. The minimum absolute atomic E-state index is 0.0699. The van der Waals surface area contributed by atoms with Gasteiger partial charge in [0.15, 0.2) is 11.5 Å². The Morgan fingerprint density at radius 2 is 1.86 bits per heavy atom. The molecule has 28 heavy (non-hydrogen) atoms. The minimum Gasteiger partial charge on any atom is -0.465 e. The second kappa shape index (κ2) is 6.90. The van der Waals surface area contributed by atoms with Gasteiger partial charge in [0.25, 0.3) is 11.8 Å². The monoisotopic (exact) mass is 400 g/mol. The summed E-state index contributed by atoms with van der Waals surface area (Å²) >= 11 is 6.13. The molecule has 0 radical (unpaired) electrons. The number of halogens is 1. The molecule has 4 rings (SSSR count). The van der Waals surface area contributed by atoms with E-state index < -0.39 is 17.8 Å². The van der Waals surface area contributed by atoms with Crippen molar-refractivity contribution in [3.8, 4) is 11.5 Å². The van der Waals surface area contributed by atoms with Crippen LogP contribution in [0.4, 0.5) is 11.4 Å². The van der Waals surface area contributed by atoms with E-state index in [-0.39, 0.29) is 28.8 Å². The number of methoxy groups -OCH3 is 1. The number of carbonyl (C=O) groups excluding carboxylic acids is 3. The highest BCUT2D eigenvalue weighted by molar-refractivity contribution is 6.53. The lowest BCUT2D eigenvalue weighted by Crippen LogP contribution is -2.33. The summed E-state index contributed by atoms with van der Waals surface area (Å²) < 4.78 is 15.3. The second-order valence-corrected chi connectivity index (χ2v) is 6.21. The minimum atomic E-state index is -0.744. The molecule has 0 unspecified atom stereocenters. The van der Waals surface area contributed by atoms with Gasteiger partial charge in [-0.05, 0) is 24.3 Å². The van der Waals surface area contributed by atoms with Crippen molar-refractivity contribution < 1.29 is 28.6 Å². The molecule has 0 saturated carbocycles. The molecule has 9 heteroatoms. The average molecular weight is 401 g/mol. The van der Waals surface area contributed by atoms with Gasteiger partial charge < -0.3 is 19.5 Å². The zero-order valence-corrected chi connectivity index (χ0v) is 15.3. The first-order valence-electron chi connectivity index (χ1n) is 8.14. The number of carbonyl (C=O) groups is 3. The van der Waals surface area contributed by atoms with E-state index in [4.69, 9.17) is 25.8 Å². The molecule has 0 aromatic heterocycles. The van der Waals surface area contributed by atoms with E-state index in [0.717, 1.165) is 4.90 Å². The normalized spacial score (nSPS) is 15.3. The quantitative estimate of drug-likeness (QED) is 0.622. The van der Waals surface area contributed by atoms with E-state index in [0.29, 0.717) is 17.2 Å². The summed E-state index contributed by atoms with van der Waals surface area (Å²) in [6.45, 7) is 0.109. The summed E-state index contributed by atoms with van der Waals surface area (Å²) in [4.78, 5) is 38.4. The fourth-order valence-electron chi connectivity index (χ4n) is 2.90. The van der Waals surface area contributed by atoms with Gasteiger partial charge in [-0.15, -0.1) is 0 Å². The molecule has 0 aliphatic carbocycles. The van der Waals surface area contributed by atoms with Crippen LogP contribution >= 0.6 is 11.6 Å². The Balaban J connectivity index is 1.66. The first-order chi connectivity index (χ1) is 13.5. The van der Waals surface area contributed by atoms with Crippen LogP contribution in [0, 0.1) is 0 Å². The molecule has 2 amide bonds. The molecule has 142 valence electrons. The van der Waals surface area contributed by atoms with E-state index in [2.05, 4.69) is 5.32 Å². The number of anilines is 2. The number of benzene rings is 2. The Hall–Kier alpha value is -3.52. The smallest absolute Gasteiger partial charge is 0.339 e. The maximum Gasteiger partial charge on any atom is 0.339 e. The SMILES string of the molecule is COC(=O)c1ccccc1N1C(=O)C(Cl)=C(Nc2ccc3c(c2)OCO3)C1=O. The summed E-state index contributed by atoms with van der Waals surface area (Å²) in [6.07, 6.45) is 0. The maximum absolute atomic E-state index is 12.9. The van der Waals surface area contributed by atoms with Gasteiger partial charge in [0.1, 0.15) is 10.7 Å². The van der Waals surface area contributed by atoms with Gasteiger partial charge in [-0.3, -0.25) is 9.59 Å². The number of fused-ring (bicyclic) bond motifs is 1. The Morgan fingerprint density at radius 1 is 1.11 bits per heavy atom. The predicted octanol–water partition coefficient (Wildman–Crippen LogP) is 2.64. The fraction of sp³-hybridized carbons (Fsp3) is 0.105. The highest BCUT2D eigenvalue weighted by Crippen LogP contribution is 2.36. The van der Waals surface area contributed by atoms with Crippen molar-refractivity contribution in [2.24, 2.45) is 0 Å². The third-order valence-electron chi connectivity index (χ3n) is 4.22. The van der Waals surface area contributed by atoms with Gasteiger partial charge in [-0.2, -0.15) is 0 Å². The van der Waals surface area contributed by atoms with Crippen LogP contribution in [0.15, 0.2) is 53.2 Å². The standard InChI is InChI=1S/C19H13ClN2O6/c1-26-19(25)11-4-2-3-5-12(11)22-17(23)15(20)16(18(22)24)21-10-6-7-13-14(8-10)28-9-27-13/h2-8,21H,9H2,1H3. The number of esters is 1. The van der Waals surface area contributed by atoms with Crippen molar-refractivity contribution >= 4 is 40.8 Å². The van der Waals surface area contributed by atoms with Crippen molar-refractivity contribution in [2.45, 2.75) is 0 Å². The first kappa shape index (κ1) is 17.9. The molecule has 1 N–H and O–H groups in total. The molecule has 0 saturated heterocycles. The molecular formula is C19H13ClN2O6. The Kier molecular flexibility index (Phi) is 4.40. The highest BCUT2D eigenvalue weighted by atomic mass is 35.5. The van der Waals surface area contributed by atoms with Gasteiger partial charge in [-0.25, -0.2) is 9.69 Å². The van der Waals surface area contributed by atoms with Crippen molar-refractivity contribution in [3.05, 3.63) is 58.8 Å². The van der Waals surface area contributed by atoms with Gasteiger partial charge in [-0.1, -0.05) is 23.7 Å². The van der Waals surface area contributed by atoms with Gasteiger partial charge >= 0.3 is 5.97 Å². The van der Waals surface area contributed by atoms with Gasteiger partial charge in [0, 0.05) is 11.8 Å². The molecule has 0 fully saturated rings. The highest BCUT2D eigenvalue weighted by Gasteiger charge is 2.40.